The molecule has 0 aromatic heterocycles. The predicted molar refractivity (Wildman–Crippen MR) is 76.4 cm³/mol. The molecule has 0 bridgehead atoms. The smallest absolute Gasteiger partial charge is 0.222 e. The maximum absolute atomic E-state index is 12.0. The minimum atomic E-state index is 0.373. The van der Waals surface area contributed by atoms with Crippen molar-refractivity contribution in [1.82, 2.24) is 4.90 Å². The van der Waals surface area contributed by atoms with Crippen molar-refractivity contribution in [2.75, 3.05) is 19.6 Å². The van der Waals surface area contributed by atoms with Gasteiger partial charge in [0.1, 0.15) is 0 Å². The molecule has 1 saturated heterocycles. The molecular formula is C15H30N2O. The summed E-state index contributed by atoms with van der Waals surface area (Å²) in [5.41, 5.74) is 5.58. The van der Waals surface area contributed by atoms with Crippen LogP contribution in [0.3, 0.4) is 0 Å². The average molecular weight is 254 g/mol. The Bertz CT molecular complexity index is 223. The number of rotatable bonds is 8. The van der Waals surface area contributed by atoms with Crippen molar-refractivity contribution in [3.05, 3.63) is 0 Å². The molecule has 3 nitrogen and oxygen atoms in total. The van der Waals surface area contributed by atoms with Gasteiger partial charge in [0, 0.05) is 19.5 Å². The summed E-state index contributed by atoms with van der Waals surface area (Å²) >= 11 is 0. The number of piperidine rings is 1. The maximum Gasteiger partial charge on any atom is 0.222 e. The van der Waals surface area contributed by atoms with Crippen LogP contribution in [0.25, 0.3) is 0 Å². The molecule has 0 aromatic carbocycles. The van der Waals surface area contributed by atoms with Crippen LogP contribution in [-0.2, 0) is 4.79 Å². The number of hydrogen-bond donors (Lipinski definition) is 1. The van der Waals surface area contributed by atoms with Gasteiger partial charge in [0.25, 0.3) is 0 Å². The molecule has 0 aromatic rings. The molecule has 1 amide bonds. The topological polar surface area (TPSA) is 46.3 Å². The lowest BCUT2D eigenvalue weighted by Gasteiger charge is -2.32. The number of nitrogens with two attached hydrogens (primary N) is 1. The normalized spacial score (nSPS) is 17.1. The second-order valence-corrected chi connectivity index (χ2v) is 5.57. The van der Waals surface area contributed by atoms with Crippen LogP contribution in [0.5, 0.6) is 0 Å². The Kier molecular flexibility index (Phi) is 8.06. The number of carbonyl (C=O) groups is 1. The first-order valence-electron chi connectivity index (χ1n) is 7.75. The predicted octanol–water partition coefficient (Wildman–Crippen LogP) is 2.93. The summed E-state index contributed by atoms with van der Waals surface area (Å²) in [5, 5.41) is 0. The van der Waals surface area contributed by atoms with Crippen molar-refractivity contribution < 1.29 is 4.79 Å². The molecule has 106 valence electrons. The molecule has 18 heavy (non-hydrogen) atoms. The van der Waals surface area contributed by atoms with Crippen molar-refractivity contribution in [1.29, 1.82) is 0 Å². The van der Waals surface area contributed by atoms with Crippen molar-refractivity contribution in [2.45, 2.75) is 64.7 Å². The lowest BCUT2D eigenvalue weighted by atomic mass is 9.93. The molecule has 0 saturated carbocycles. The second kappa shape index (κ2) is 9.37. The number of nitrogens with zero attached hydrogens (tertiary/aromatic N) is 1. The number of carbonyl (C=O) groups excluding carboxylic acids is 1. The van der Waals surface area contributed by atoms with Crippen molar-refractivity contribution in [3.8, 4) is 0 Å². The van der Waals surface area contributed by atoms with E-state index >= 15 is 0 Å². The van der Waals surface area contributed by atoms with Gasteiger partial charge in [0.15, 0.2) is 0 Å². The molecule has 3 heteroatoms. The molecule has 1 fully saturated rings. The minimum Gasteiger partial charge on any atom is -0.343 e. The quantitative estimate of drug-likeness (QED) is 0.677. The molecule has 1 rings (SSSR count). The van der Waals surface area contributed by atoms with Gasteiger partial charge in [-0.15, -0.1) is 0 Å². The number of amides is 1. The van der Waals surface area contributed by atoms with E-state index in [4.69, 9.17) is 5.73 Å². The summed E-state index contributed by atoms with van der Waals surface area (Å²) in [6.07, 6.45) is 10.3. The summed E-state index contributed by atoms with van der Waals surface area (Å²) in [4.78, 5) is 14.1. The van der Waals surface area contributed by atoms with E-state index in [0.29, 0.717) is 5.91 Å². The zero-order chi connectivity index (χ0) is 13.2. The van der Waals surface area contributed by atoms with Gasteiger partial charge in [-0.25, -0.2) is 0 Å². The highest BCUT2D eigenvalue weighted by molar-refractivity contribution is 5.76. The monoisotopic (exact) mass is 254 g/mol. The second-order valence-electron chi connectivity index (χ2n) is 5.57. The van der Waals surface area contributed by atoms with Crippen molar-refractivity contribution in [2.24, 2.45) is 11.7 Å². The van der Waals surface area contributed by atoms with E-state index in [0.717, 1.165) is 57.7 Å². The molecule has 1 heterocycles. The Morgan fingerprint density at radius 3 is 2.44 bits per heavy atom. The largest absolute Gasteiger partial charge is 0.343 e. The van der Waals surface area contributed by atoms with Crippen LogP contribution < -0.4 is 5.73 Å². The number of unbranched alkanes of at least 4 members (excludes halogenated alkanes) is 4. The third kappa shape index (κ3) is 5.85. The molecule has 1 aliphatic heterocycles. The van der Waals surface area contributed by atoms with Crippen LogP contribution in [0.15, 0.2) is 0 Å². The summed E-state index contributed by atoms with van der Waals surface area (Å²) in [6, 6.07) is 0. The van der Waals surface area contributed by atoms with Gasteiger partial charge in [-0.05, 0) is 38.1 Å². The zero-order valence-corrected chi connectivity index (χ0v) is 12.0. The van der Waals surface area contributed by atoms with Gasteiger partial charge < -0.3 is 10.6 Å². The van der Waals surface area contributed by atoms with E-state index in [-0.39, 0.29) is 0 Å². The third-order valence-electron chi connectivity index (χ3n) is 4.04. The molecule has 0 spiro atoms. The highest BCUT2D eigenvalue weighted by atomic mass is 16.2. The molecule has 1 aliphatic rings. The van der Waals surface area contributed by atoms with Crippen LogP contribution in [-0.4, -0.2) is 30.4 Å². The molecule has 2 N–H and O–H groups in total. The summed E-state index contributed by atoms with van der Waals surface area (Å²) in [7, 11) is 0. The van der Waals surface area contributed by atoms with E-state index in [1.54, 1.807) is 0 Å². The van der Waals surface area contributed by atoms with Gasteiger partial charge in [-0.1, -0.05) is 32.6 Å². The van der Waals surface area contributed by atoms with Gasteiger partial charge in [0.2, 0.25) is 5.91 Å². The average Bonchev–Trinajstić information content (AvgIpc) is 2.39. The summed E-state index contributed by atoms with van der Waals surface area (Å²) in [5.74, 6) is 1.13. The Labute approximate surface area is 112 Å². The SMILES string of the molecule is CCCCCCCC(=O)N1CCC(CCN)CC1. The number of likely N-dealkylation sites (tertiary alicyclic amines) is 1. The summed E-state index contributed by atoms with van der Waals surface area (Å²) in [6.45, 7) is 4.92. The van der Waals surface area contributed by atoms with Gasteiger partial charge in [-0.3, -0.25) is 4.79 Å². The Morgan fingerprint density at radius 1 is 1.17 bits per heavy atom. The fourth-order valence-corrected chi connectivity index (χ4v) is 2.74. The van der Waals surface area contributed by atoms with E-state index in [1.807, 2.05) is 0 Å². The highest BCUT2D eigenvalue weighted by Crippen LogP contribution is 2.20. The van der Waals surface area contributed by atoms with Crippen molar-refractivity contribution >= 4 is 5.91 Å². The maximum atomic E-state index is 12.0. The Hall–Kier alpha value is -0.570. The van der Waals surface area contributed by atoms with Gasteiger partial charge >= 0.3 is 0 Å². The van der Waals surface area contributed by atoms with Gasteiger partial charge in [0.05, 0.1) is 0 Å². The van der Waals surface area contributed by atoms with E-state index in [9.17, 15) is 4.79 Å². The molecule has 0 radical (unpaired) electrons. The first kappa shape index (κ1) is 15.5. The molecule has 0 unspecified atom stereocenters. The lowest BCUT2D eigenvalue weighted by molar-refractivity contribution is -0.132. The first-order chi connectivity index (χ1) is 8.77. The van der Waals surface area contributed by atoms with Crippen LogP contribution in [0.4, 0.5) is 0 Å². The Balaban J connectivity index is 2.08. The fraction of sp³-hybridized carbons (Fsp3) is 0.933. The van der Waals surface area contributed by atoms with Crippen molar-refractivity contribution in [3.63, 3.8) is 0 Å². The summed E-state index contributed by atoms with van der Waals surface area (Å²) < 4.78 is 0. The van der Waals surface area contributed by atoms with Crippen LogP contribution in [0.2, 0.25) is 0 Å². The first-order valence-corrected chi connectivity index (χ1v) is 7.75. The molecule has 0 atom stereocenters. The molecule has 0 aliphatic carbocycles. The zero-order valence-electron chi connectivity index (χ0n) is 12.0. The highest BCUT2D eigenvalue weighted by Gasteiger charge is 2.21. The molecular weight excluding hydrogens is 224 g/mol. The standard InChI is InChI=1S/C15H30N2O/c1-2-3-4-5-6-7-15(18)17-12-9-14(8-11-16)10-13-17/h14H,2-13,16H2,1H3. The number of hydrogen-bond acceptors (Lipinski definition) is 2. The van der Waals surface area contributed by atoms with Crippen LogP contribution in [0.1, 0.15) is 64.7 Å². The Morgan fingerprint density at radius 2 is 1.83 bits per heavy atom. The third-order valence-corrected chi connectivity index (χ3v) is 4.04. The fourth-order valence-electron chi connectivity index (χ4n) is 2.74. The van der Waals surface area contributed by atoms with E-state index < -0.39 is 0 Å². The van der Waals surface area contributed by atoms with E-state index in [1.165, 1.54) is 25.7 Å². The van der Waals surface area contributed by atoms with E-state index in [2.05, 4.69) is 11.8 Å². The van der Waals surface area contributed by atoms with Crippen LogP contribution in [0, 0.1) is 5.92 Å². The minimum absolute atomic E-state index is 0.373. The van der Waals surface area contributed by atoms with Gasteiger partial charge in [-0.2, -0.15) is 0 Å². The lowest BCUT2D eigenvalue weighted by Crippen LogP contribution is -2.38. The van der Waals surface area contributed by atoms with Crippen LogP contribution >= 0.6 is 0 Å².